The number of fused-ring (bicyclic) bond motifs is 1. The van der Waals surface area contributed by atoms with Crippen LogP contribution < -0.4 is 20.1 Å². The zero-order valence-electron chi connectivity index (χ0n) is 16.8. The van der Waals surface area contributed by atoms with Crippen molar-refractivity contribution in [1.29, 1.82) is 0 Å². The fourth-order valence-corrected chi connectivity index (χ4v) is 3.92. The van der Waals surface area contributed by atoms with Crippen LogP contribution in [0.5, 0.6) is 11.5 Å². The SMILES string of the molecule is COc1ccccc1C1CC1CNC/C=C/COc1ccc2c(c1)NC(=O)CC2. The first-order valence-corrected chi connectivity index (χ1v) is 10.3. The molecule has 152 valence electrons. The van der Waals surface area contributed by atoms with Crippen LogP contribution in [-0.2, 0) is 11.2 Å². The predicted molar refractivity (Wildman–Crippen MR) is 115 cm³/mol. The summed E-state index contributed by atoms with van der Waals surface area (Å²) in [4.78, 5) is 11.5. The van der Waals surface area contributed by atoms with Crippen LogP contribution in [0.25, 0.3) is 0 Å². The number of ether oxygens (including phenoxy) is 2. The fraction of sp³-hybridized carbons (Fsp3) is 0.375. The molecule has 2 N–H and O–H groups in total. The van der Waals surface area contributed by atoms with Crippen LogP contribution in [0.1, 0.15) is 29.9 Å². The maximum atomic E-state index is 11.5. The average molecular weight is 392 g/mol. The third kappa shape index (κ3) is 4.98. The van der Waals surface area contributed by atoms with Gasteiger partial charge in [0.2, 0.25) is 5.91 Å². The lowest BCUT2D eigenvalue weighted by molar-refractivity contribution is -0.116. The molecule has 0 aromatic heterocycles. The van der Waals surface area contributed by atoms with Gasteiger partial charge in [0.05, 0.1) is 7.11 Å². The van der Waals surface area contributed by atoms with Crippen molar-refractivity contribution in [3.63, 3.8) is 0 Å². The minimum atomic E-state index is 0.0734. The molecular formula is C24H28N2O3. The maximum Gasteiger partial charge on any atom is 0.224 e. The van der Waals surface area contributed by atoms with Gasteiger partial charge in [0, 0.05) is 24.7 Å². The zero-order chi connectivity index (χ0) is 20.1. The van der Waals surface area contributed by atoms with Crippen molar-refractivity contribution in [3.05, 3.63) is 65.7 Å². The number of para-hydroxylation sites is 1. The van der Waals surface area contributed by atoms with E-state index in [0.717, 1.165) is 36.7 Å². The Kier molecular flexibility index (Phi) is 6.15. The van der Waals surface area contributed by atoms with E-state index in [1.807, 2.05) is 36.4 Å². The number of anilines is 1. The number of carbonyl (C=O) groups is 1. The summed E-state index contributed by atoms with van der Waals surface area (Å²) in [6.07, 6.45) is 6.70. The molecule has 0 saturated heterocycles. The molecule has 29 heavy (non-hydrogen) atoms. The molecule has 1 amide bonds. The molecule has 1 aliphatic carbocycles. The number of carbonyl (C=O) groups excluding carboxylic acids is 1. The minimum absolute atomic E-state index is 0.0734. The molecule has 2 aliphatic rings. The third-order valence-corrected chi connectivity index (χ3v) is 5.62. The molecule has 2 aromatic rings. The van der Waals surface area contributed by atoms with Gasteiger partial charge in [-0.15, -0.1) is 0 Å². The number of hydrogen-bond acceptors (Lipinski definition) is 4. The maximum absolute atomic E-state index is 11.5. The lowest BCUT2D eigenvalue weighted by Gasteiger charge is -2.17. The number of aryl methyl sites for hydroxylation is 1. The molecule has 0 spiro atoms. The second-order valence-corrected chi connectivity index (χ2v) is 7.65. The van der Waals surface area contributed by atoms with Crippen LogP contribution in [-0.4, -0.2) is 32.7 Å². The monoisotopic (exact) mass is 392 g/mol. The highest BCUT2D eigenvalue weighted by Crippen LogP contribution is 2.49. The topological polar surface area (TPSA) is 59.6 Å². The van der Waals surface area contributed by atoms with Gasteiger partial charge in [0.1, 0.15) is 18.1 Å². The Labute approximate surface area is 172 Å². The Morgan fingerprint density at radius 1 is 1.17 bits per heavy atom. The molecule has 1 aliphatic heterocycles. The van der Waals surface area contributed by atoms with Gasteiger partial charge < -0.3 is 20.1 Å². The molecule has 2 atom stereocenters. The van der Waals surface area contributed by atoms with Gasteiger partial charge in [-0.05, 0) is 54.5 Å². The lowest BCUT2D eigenvalue weighted by Crippen LogP contribution is -2.18. The first kappa shape index (κ1) is 19.5. The van der Waals surface area contributed by atoms with Crippen LogP contribution in [0.3, 0.4) is 0 Å². The number of hydrogen-bond donors (Lipinski definition) is 2. The number of amides is 1. The van der Waals surface area contributed by atoms with E-state index in [0.29, 0.717) is 24.9 Å². The molecule has 2 unspecified atom stereocenters. The average Bonchev–Trinajstić information content (AvgIpc) is 3.52. The van der Waals surface area contributed by atoms with Crippen molar-refractivity contribution in [3.8, 4) is 11.5 Å². The Bertz CT molecular complexity index is 893. The van der Waals surface area contributed by atoms with E-state index in [2.05, 4.69) is 28.8 Å². The Morgan fingerprint density at radius 2 is 2.07 bits per heavy atom. The van der Waals surface area contributed by atoms with Crippen LogP contribution in [0.4, 0.5) is 5.69 Å². The smallest absolute Gasteiger partial charge is 0.224 e. The molecule has 0 bridgehead atoms. The number of rotatable bonds is 9. The van der Waals surface area contributed by atoms with E-state index in [4.69, 9.17) is 9.47 Å². The van der Waals surface area contributed by atoms with Gasteiger partial charge in [-0.1, -0.05) is 36.4 Å². The van der Waals surface area contributed by atoms with Crippen molar-refractivity contribution in [1.82, 2.24) is 5.32 Å². The second kappa shape index (κ2) is 9.14. The number of benzene rings is 2. The van der Waals surface area contributed by atoms with Crippen molar-refractivity contribution < 1.29 is 14.3 Å². The highest BCUT2D eigenvalue weighted by Gasteiger charge is 2.39. The van der Waals surface area contributed by atoms with E-state index >= 15 is 0 Å². The largest absolute Gasteiger partial charge is 0.496 e. The van der Waals surface area contributed by atoms with Gasteiger partial charge in [-0.2, -0.15) is 0 Å². The second-order valence-electron chi connectivity index (χ2n) is 7.65. The molecule has 1 saturated carbocycles. The van der Waals surface area contributed by atoms with Gasteiger partial charge in [-0.25, -0.2) is 0 Å². The Balaban J connectivity index is 1.14. The minimum Gasteiger partial charge on any atom is -0.496 e. The van der Waals surface area contributed by atoms with Gasteiger partial charge in [0.15, 0.2) is 0 Å². The summed E-state index contributed by atoms with van der Waals surface area (Å²) in [5.41, 5.74) is 3.37. The van der Waals surface area contributed by atoms with Crippen LogP contribution in [0.15, 0.2) is 54.6 Å². The van der Waals surface area contributed by atoms with Crippen molar-refractivity contribution in [2.75, 3.05) is 32.1 Å². The zero-order valence-corrected chi connectivity index (χ0v) is 16.8. The first-order valence-electron chi connectivity index (χ1n) is 10.3. The standard InChI is InChI=1S/C24H28N2O3/c1-28-23-7-3-2-6-20(23)21-14-18(21)16-25-12-4-5-13-29-19-10-8-17-9-11-24(27)26-22(17)15-19/h2-8,10,15,18,21,25H,9,11-14,16H2,1H3,(H,26,27)/b5-4+. The molecule has 4 rings (SSSR count). The summed E-state index contributed by atoms with van der Waals surface area (Å²) in [5.74, 6) is 3.14. The van der Waals surface area contributed by atoms with E-state index in [1.54, 1.807) is 7.11 Å². The first-order chi connectivity index (χ1) is 14.2. The van der Waals surface area contributed by atoms with Crippen molar-refractivity contribution in [2.24, 2.45) is 5.92 Å². The summed E-state index contributed by atoms with van der Waals surface area (Å²) in [7, 11) is 1.74. The van der Waals surface area contributed by atoms with Crippen LogP contribution >= 0.6 is 0 Å². The summed E-state index contributed by atoms with van der Waals surface area (Å²) in [6.45, 7) is 2.36. The quantitative estimate of drug-likeness (QED) is 0.502. The Hall–Kier alpha value is -2.79. The highest BCUT2D eigenvalue weighted by molar-refractivity contribution is 5.94. The molecule has 1 heterocycles. The highest BCUT2D eigenvalue weighted by atomic mass is 16.5. The summed E-state index contributed by atoms with van der Waals surface area (Å²) in [6, 6.07) is 14.2. The van der Waals surface area contributed by atoms with Crippen LogP contribution in [0, 0.1) is 5.92 Å². The van der Waals surface area contributed by atoms with E-state index in [-0.39, 0.29) is 5.91 Å². The molecule has 2 aromatic carbocycles. The Morgan fingerprint density at radius 3 is 2.97 bits per heavy atom. The van der Waals surface area contributed by atoms with Crippen molar-refractivity contribution >= 4 is 11.6 Å². The number of nitrogens with one attached hydrogen (secondary N) is 2. The summed E-state index contributed by atoms with van der Waals surface area (Å²) in [5, 5.41) is 6.40. The molecular weight excluding hydrogens is 364 g/mol. The number of methoxy groups -OCH3 is 1. The van der Waals surface area contributed by atoms with Gasteiger partial charge in [0.25, 0.3) is 0 Å². The van der Waals surface area contributed by atoms with Gasteiger partial charge in [-0.3, -0.25) is 4.79 Å². The summed E-state index contributed by atoms with van der Waals surface area (Å²) >= 11 is 0. The van der Waals surface area contributed by atoms with Gasteiger partial charge >= 0.3 is 0 Å². The van der Waals surface area contributed by atoms with Crippen molar-refractivity contribution in [2.45, 2.75) is 25.2 Å². The van der Waals surface area contributed by atoms with Crippen LogP contribution in [0.2, 0.25) is 0 Å². The molecule has 0 radical (unpaired) electrons. The van der Waals surface area contributed by atoms with E-state index in [1.165, 1.54) is 17.5 Å². The summed E-state index contributed by atoms with van der Waals surface area (Å²) < 4.78 is 11.2. The normalized spacial score (nSPS) is 20.2. The fourth-order valence-electron chi connectivity index (χ4n) is 3.92. The molecule has 5 heteroatoms. The predicted octanol–water partition coefficient (Wildman–Crippen LogP) is 3.91. The van der Waals surface area contributed by atoms with E-state index < -0.39 is 0 Å². The molecule has 5 nitrogen and oxygen atoms in total. The third-order valence-electron chi connectivity index (χ3n) is 5.62. The lowest BCUT2D eigenvalue weighted by atomic mass is 10.0. The molecule has 1 fully saturated rings. The van der Waals surface area contributed by atoms with E-state index in [9.17, 15) is 4.79 Å².